The van der Waals surface area contributed by atoms with Gasteiger partial charge in [-0.25, -0.2) is 0 Å². The molecular weight excluding hydrogens is 1060 g/mol. The number of hydrogen-bond acceptors (Lipinski definition) is 18. The normalized spacial score (nSPS) is 23.6. The Kier molecular flexibility index (Phi) is 34.7. The van der Waals surface area contributed by atoms with E-state index in [1.54, 1.807) is 27.7 Å². The predicted octanol–water partition coefficient (Wildman–Crippen LogP) is -5.83. The molecule has 81 heavy (non-hydrogen) atoms. The highest BCUT2D eigenvalue weighted by atomic mass is 16.3. The summed E-state index contributed by atoms with van der Waals surface area (Å²) in [7, 11) is 0. The first kappa shape index (κ1) is 72.9. The van der Waals surface area contributed by atoms with Crippen molar-refractivity contribution in [1.82, 2.24) is 58.5 Å². The quantitative estimate of drug-likeness (QED) is 0.0347. The van der Waals surface area contributed by atoms with Crippen molar-refractivity contribution in [3.05, 3.63) is 0 Å². The summed E-state index contributed by atoms with van der Waals surface area (Å²) in [4.78, 5) is 153. The summed E-state index contributed by atoms with van der Waals surface area (Å²) in [6.07, 6.45) is -1.79. The highest BCUT2D eigenvalue weighted by molar-refractivity contribution is 5.99. The van der Waals surface area contributed by atoms with Gasteiger partial charge in [-0.15, -0.1) is 0 Å². The lowest BCUT2D eigenvalue weighted by atomic mass is 9.99. The SMILES string of the molecule is CC[C@@H](C)CCCC(=O)N[C@@H](CCN)C(=O)N[C@H](C(=O)N[C@@H](CCN)C(=O)N[C@H]1CCNC(=O)[C@H]([C@@H](C)O)NC(=O)[C@H](CCN)NC(=O)[C@H](CCN)NC(=O)[C@H](CC(C)C)NC(=O)[C@@H](CC(C)C)NC(=O)[C@H](CCN)NC1=O)[C@@H](C)O. The Morgan fingerprint density at radius 3 is 1.38 bits per heavy atom. The molecule has 23 N–H and O–H groups in total. The Balaban J connectivity index is 3.84. The van der Waals surface area contributed by atoms with Crippen molar-refractivity contribution < 1.29 is 63.0 Å². The van der Waals surface area contributed by atoms with Gasteiger partial charge in [-0.2, -0.15) is 0 Å². The summed E-state index contributed by atoms with van der Waals surface area (Å²) < 4.78 is 0. The molecule has 0 aromatic heterocycles. The number of carbonyl (C=O) groups excluding carboxylic acids is 11. The fourth-order valence-corrected chi connectivity index (χ4v) is 8.60. The zero-order valence-corrected chi connectivity index (χ0v) is 48.7. The molecule has 1 fully saturated rings. The molecule has 0 unspecified atom stereocenters. The standard InChI is InChI=1S/C52H98N16O13/c1-9-29(6)11-10-12-40(71)59-32(13-19-53)47(76)68-42(31(8)70)52(81)64-35(16-22-56)44(73)63-37-18-24-58-51(80)41(30(7)69)67-48(77)36(17-23-57)61-43(72)33(14-20-54)62-49(78)38(25-27(2)3)66-50(79)39(26-28(4)5)65-45(74)34(15-21-55)60-46(37)75/h27-39,41-42,69-70H,9-26,53-57H2,1-8H3,(H,58,80)(H,59,71)(H,60,75)(H,61,72)(H,62,78)(H,63,73)(H,64,81)(H,65,74)(H,66,79)(H,67,77)(H,68,76)/t29-,30-,31-,32+,33+,34+,35+,36+,37+,38+,39-,41+,42+/m1/s1. The van der Waals surface area contributed by atoms with Gasteiger partial charge in [0.1, 0.15) is 60.4 Å². The first-order valence-corrected chi connectivity index (χ1v) is 28.3. The van der Waals surface area contributed by atoms with Gasteiger partial charge in [-0.1, -0.05) is 54.4 Å². The molecule has 1 heterocycles. The van der Waals surface area contributed by atoms with Crippen molar-refractivity contribution in [2.45, 2.75) is 205 Å². The van der Waals surface area contributed by atoms with Gasteiger partial charge in [0.15, 0.2) is 0 Å². The summed E-state index contributed by atoms with van der Waals surface area (Å²) in [5, 5.41) is 49.5. The number of amides is 11. The minimum absolute atomic E-state index is 0.0146. The Morgan fingerprint density at radius 1 is 0.531 bits per heavy atom. The third kappa shape index (κ3) is 27.0. The highest BCUT2D eigenvalue weighted by Gasteiger charge is 2.37. The lowest BCUT2D eigenvalue weighted by Crippen LogP contribution is -2.62. The molecule has 0 aliphatic carbocycles. The minimum atomic E-state index is -1.69. The van der Waals surface area contributed by atoms with E-state index in [9.17, 15) is 63.0 Å². The van der Waals surface area contributed by atoms with E-state index in [0.717, 1.165) is 12.8 Å². The molecule has 0 bridgehead atoms. The van der Waals surface area contributed by atoms with Crippen LogP contribution in [0.2, 0.25) is 0 Å². The summed E-state index contributed by atoms with van der Waals surface area (Å²) >= 11 is 0. The van der Waals surface area contributed by atoms with E-state index in [-0.39, 0.29) is 95.9 Å². The molecule has 1 saturated heterocycles. The maximum Gasteiger partial charge on any atom is 0.245 e. The number of rotatable bonds is 28. The van der Waals surface area contributed by atoms with Gasteiger partial charge in [-0.05, 0) is 122 Å². The van der Waals surface area contributed by atoms with Crippen LogP contribution in [-0.2, 0) is 52.7 Å². The average molecular weight is 1160 g/mol. The van der Waals surface area contributed by atoms with E-state index in [0.29, 0.717) is 12.3 Å². The van der Waals surface area contributed by atoms with E-state index < -0.39 is 151 Å². The number of aliphatic hydroxyl groups excluding tert-OH is 2. The van der Waals surface area contributed by atoms with Crippen LogP contribution in [0.15, 0.2) is 0 Å². The second-order valence-electron chi connectivity index (χ2n) is 21.6. The maximum atomic E-state index is 14.4. The van der Waals surface area contributed by atoms with E-state index in [1.807, 2.05) is 6.92 Å². The van der Waals surface area contributed by atoms with Gasteiger partial charge >= 0.3 is 0 Å². The molecule has 29 heteroatoms. The molecule has 13 atom stereocenters. The van der Waals surface area contributed by atoms with Crippen LogP contribution < -0.4 is 87.2 Å². The zero-order chi connectivity index (χ0) is 61.5. The Bertz CT molecular complexity index is 2050. The third-order valence-electron chi connectivity index (χ3n) is 13.4. The number of nitrogens with two attached hydrogens (primary N) is 5. The zero-order valence-electron chi connectivity index (χ0n) is 48.7. The van der Waals surface area contributed by atoms with Gasteiger partial charge < -0.3 is 97.4 Å². The third-order valence-corrected chi connectivity index (χ3v) is 13.4. The number of carbonyl (C=O) groups is 11. The van der Waals surface area contributed by atoms with E-state index >= 15 is 0 Å². The summed E-state index contributed by atoms with van der Waals surface area (Å²) in [6.45, 7) is 12.5. The van der Waals surface area contributed by atoms with E-state index in [2.05, 4.69) is 65.4 Å². The molecule has 1 aliphatic heterocycles. The second kappa shape index (κ2) is 38.6. The lowest BCUT2D eigenvalue weighted by molar-refractivity contribution is -0.137. The summed E-state index contributed by atoms with van der Waals surface area (Å²) in [6, 6.07) is -14.5. The molecule has 11 amide bonds. The topological polar surface area (TPSA) is 491 Å². The Labute approximate surface area is 475 Å². The van der Waals surface area contributed by atoms with Gasteiger partial charge in [-0.3, -0.25) is 52.7 Å². The van der Waals surface area contributed by atoms with E-state index in [4.69, 9.17) is 28.7 Å². The predicted molar refractivity (Wildman–Crippen MR) is 301 cm³/mol. The summed E-state index contributed by atoms with van der Waals surface area (Å²) in [5.41, 5.74) is 29.2. The minimum Gasteiger partial charge on any atom is -0.391 e. The van der Waals surface area contributed by atoms with Crippen molar-refractivity contribution >= 4 is 65.0 Å². The maximum absolute atomic E-state index is 14.4. The van der Waals surface area contributed by atoms with Crippen LogP contribution in [0, 0.1) is 17.8 Å². The van der Waals surface area contributed by atoms with Crippen molar-refractivity contribution in [3.8, 4) is 0 Å². The molecule has 0 aromatic rings. The first-order valence-electron chi connectivity index (χ1n) is 28.3. The highest BCUT2D eigenvalue weighted by Crippen LogP contribution is 2.13. The van der Waals surface area contributed by atoms with Crippen LogP contribution in [0.3, 0.4) is 0 Å². The lowest BCUT2D eigenvalue weighted by Gasteiger charge is -2.29. The second-order valence-corrected chi connectivity index (χ2v) is 21.6. The van der Waals surface area contributed by atoms with Crippen molar-refractivity contribution in [3.63, 3.8) is 0 Å². The van der Waals surface area contributed by atoms with Crippen molar-refractivity contribution in [1.29, 1.82) is 0 Å². The molecule has 0 saturated carbocycles. The fraction of sp³-hybridized carbons (Fsp3) is 0.788. The monoisotopic (exact) mass is 1150 g/mol. The molecule has 0 aromatic carbocycles. The van der Waals surface area contributed by atoms with Gasteiger partial charge in [0, 0.05) is 13.0 Å². The molecule has 0 radical (unpaired) electrons. The van der Waals surface area contributed by atoms with Crippen LogP contribution in [-0.4, -0.2) is 187 Å². The molecule has 464 valence electrons. The van der Waals surface area contributed by atoms with Crippen LogP contribution in [0.5, 0.6) is 0 Å². The van der Waals surface area contributed by atoms with Crippen molar-refractivity contribution in [2.24, 2.45) is 46.4 Å². The largest absolute Gasteiger partial charge is 0.391 e. The van der Waals surface area contributed by atoms with Crippen LogP contribution in [0.25, 0.3) is 0 Å². The van der Waals surface area contributed by atoms with E-state index in [1.165, 1.54) is 13.8 Å². The van der Waals surface area contributed by atoms with Gasteiger partial charge in [0.2, 0.25) is 65.0 Å². The van der Waals surface area contributed by atoms with Gasteiger partial charge in [0.05, 0.1) is 12.2 Å². The first-order chi connectivity index (χ1) is 38.2. The molecule has 1 rings (SSSR count). The Morgan fingerprint density at radius 2 is 0.963 bits per heavy atom. The number of hydrogen-bond donors (Lipinski definition) is 18. The van der Waals surface area contributed by atoms with Crippen LogP contribution >= 0.6 is 0 Å². The van der Waals surface area contributed by atoms with Crippen LogP contribution in [0.4, 0.5) is 0 Å². The van der Waals surface area contributed by atoms with Crippen molar-refractivity contribution in [2.75, 3.05) is 39.3 Å². The molecule has 0 spiro atoms. The molecule has 29 nitrogen and oxygen atoms in total. The summed E-state index contributed by atoms with van der Waals surface area (Å²) in [5.74, 6) is -9.60. The smallest absolute Gasteiger partial charge is 0.245 e. The Hall–Kier alpha value is -6.11. The number of aliphatic hydroxyl groups is 2. The van der Waals surface area contributed by atoms with Crippen LogP contribution in [0.1, 0.15) is 132 Å². The van der Waals surface area contributed by atoms with Gasteiger partial charge in [0.25, 0.3) is 0 Å². The fourth-order valence-electron chi connectivity index (χ4n) is 8.60. The molecular formula is C52H98N16O13. The molecule has 1 aliphatic rings. The average Bonchev–Trinajstić information content (AvgIpc) is 3.41. The number of nitrogens with one attached hydrogen (secondary N) is 11.